The van der Waals surface area contributed by atoms with E-state index in [0.717, 1.165) is 0 Å². The van der Waals surface area contributed by atoms with Crippen molar-refractivity contribution in [1.82, 2.24) is 29.7 Å². The van der Waals surface area contributed by atoms with Crippen molar-refractivity contribution < 1.29 is 37.3 Å². The summed E-state index contributed by atoms with van der Waals surface area (Å²) in [6.07, 6.45) is 5.18. The Morgan fingerprint density at radius 1 is 0.704 bits per heavy atom. The number of pyridine rings is 2. The molecule has 2 aliphatic heterocycles. The second-order valence-electron chi connectivity index (χ2n) is 12.8. The first-order valence-corrected chi connectivity index (χ1v) is 17.7. The smallest absolute Gasteiger partial charge is 0.255 e. The van der Waals surface area contributed by atoms with Gasteiger partial charge in [0.2, 0.25) is 0 Å². The average Bonchev–Trinajstić information content (AvgIpc) is 3.77. The number of benzene rings is 2. The van der Waals surface area contributed by atoms with Crippen molar-refractivity contribution in [1.29, 1.82) is 0 Å². The fourth-order valence-corrected chi connectivity index (χ4v) is 6.90. The van der Waals surface area contributed by atoms with Gasteiger partial charge in [0, 0.05) is 37.3 Å². The number of ether oxygens (including phenoxy) is 4. The lowest BCUT2D eigenvalue weighted by Crippen LogP contribution is -2.30. The lowest BCUT2D eigenvalue weighted by molar-refractivity contribution is 0.0768. The second kappa shape index (κ2) is 15.0. The highest BCUT2D eigenvalue weighted by molar-refractivity contribution is 6.32. The molecule has 0 radical (unpaired) electrons. The van der Waals surface area contributed by atoms with Crippen molar-refractivity contribution in [3.8, 4) is 23.0 Å². The largest absolute Gasteiger partial charge is 0.491 e. The van der Waals surface area contributed by atoms with E-state index in [2.05, 4.69) is 19.9 Å². The van der Waals surface area contributed by atoms with Crippen LogP contribution in [-0.2, 0) is 0 Å². The summed E-state index contributed by atoms with van der Waals surface area (Å²) >= 11 is 12.4. The fraction of sp³-hybridized carbons (Fsp3) is 0.263. The van der Waals surface area contributed by atoms with Crippen molar-refractivity contribution in [2.45, 2.75) is 26.1 Å². The van der Waals surface area contributed by atoms with Crippen LogP contribution in [0.5, 0.6) is 23.0 Å². The average molecular weight is 780 g/mol. The number of halogens is 4. The van der Waals surface area contributed by atoms with Gasteiger partial charge in [0.05, 0.1) is 57.8 Å². The predicted octanol–water partition coefficient (Wildman–Crippen LogP) is 7.92. The number of hydrogen-bond acceptors (Lipinski definition) is 8. The summed E-state index contributed by atoms with van der Waals surface area (Å²) < 4.78 is 51.5. The zero-order valence-electron chi connectivity index (χ0n) is 29.5. The van der Waals surface area contributed by atoms with E-state index in [1.54, 1.807) is 74.7 Å². The van der Waals surface area contributed by atoms with Gasteiger partial charge in [-0.1, -0.05) is 23.2 Å². The van der Waals surface area contributed by atoms with Gasteiger partial charge in [-0.05, 0) is 50.2 Å². The van der Waals surface area contributed by atoms with Gasteiger partial charge in [-0.25, -0.2) is 18.7 Å². The summed E-state index contributed by atoms with van der Waals surface area (Å²) in [5.41, 5.74) is 3.00. The highest BCUT2D eigenvalue weighted by atomic mass is 35.5. The molecule has 6 heterocycles. The molecule has 8 rings (SSSR count). The number of carbonyl (C=O) groups excluding carboxylic acids is 2. The minimum Gasteiger partial charge on any atom is -0.491 e. The van der Waals surface area contributed by atoms with Gasteiger partial charge in [0.25, 0.3) is 11.8 Å². The van der Waals surface area contributed by atoms with Crippen molar-refractivity contribution >= 4 is 57.1 Å². The predicted molar refractivity (Wildman–Crippen MR) is 198 cm³/mol. The molecule has 54 heavy (non-hydrogen) atoms. The monoisotopic (exact) mass is 778 g/mol. The summed E-state index contributed by atoms with van der Waals surface area (Å²) in [5.74, 6) is 0.308. The number of fused-ring (bicyclic) bond motifs is 4. The summed E-state index contributed by atoms with van der Waals surface area (Å²) in [6, 6.07) is 9.01. The van der Waals surface area contributed by atoms with Crippen LogP contribution in [-0.4, -0.2) is 81.9 Å². The number of aromatic nitrogens is 4. The van der Waals surface area contributed by atoms with E-state index in [4.69, 9.17) is 42.1 Å². The van der Waals surface area contributed by atoms with Crippen LogP contribution in [0.2, 0.25) is 10.0 Å². The molecule has 2 atom stereocenters. The number of likely N-dealkylation sites (N-methyl/N-ethyl adjacent to an activating group) is 2. The van der Waals surface area contributed by atoms with E-state index in [-0.39, 0.29) is 35.1 Å². The third kappa shape index (κ3) is 7.06. The number of aromatic amines is 2. The minimum atomic E-state index is -0.584. The van der Waals surface area contributed by atoms with E-state index in [0.29, 0.717) is 80.4 Å². The Morgan fingerprint density at radius 3 is 1.52 bits per heavy atom. The van der Waals surface area contributed by atoms with Gasteiger partial charge >= 0.3 is 0 Å². The molecular formula is C38H34Cl2F2N6O6. The van der Waals surface area contributed by atoms with Crippen molar-refractivity contribution in [3.63, 3.8) is 0 Å². The maximum atomic E-state index is 14.0. The number of nitrogens with zero attached hydrogens (tertiary/aromatic N) is 4. The normalized spacial score (nSPS) is 17.6. The van der Waals surface area contributed by atoms with Crippen LogP contribution in [0.4, 0.5) is 8.78 Å². The van der Waals surface area contributed by atoms with E-state index < -0.39 is 23.8 Å². The number of H-pyrrole nitrogens is 2. The molecule has 1 unspecified atom stereocenters. The quantitative estimate of drug-likeness (QED) is 0.159. The van der Waals surface area contributed by atoms with E-state index in [1.165, 1.54) is 24.3 Å². The topological polar surface area (TPSA) is 135 Å². The van der Waals surface area contributed by atoms with Crippen molar-refractivity contribution in [2.24, 2.45) is 0 Å². The van der Waals surface area contributed by atoms with Gasteiger partial charge in [-0.3, -0.25) is 9.59 Å². The maximum Gasteiger partial charge on any atom is 0.255 e. The molecule has 0 aliphatic carbocycles. The number of rotatable bonds is 0. The Bertz CT molecular complexity index is 2240. The van der Waals surface area contributed by atoms with Crippen LogP contribution in [0.1, 0.15) is 57.9 Å². The molecule has 16 heteroatoms. The molecule has 0 fully saturated rings. The van der Waals surface area contributed by atoms with Crippen LogP contribution >= 0.6 is 23.2 Å². The Morgan fingerprint density at radius 2 is 1.11 bits per heavy atom. The molecule has 2 amide bonds. The molecule has 0 spiro atoms. The summed E-state index contributed by atoms with van der Waals surface area (Å²) in [6.45, 7) is 4.67. The fourth-order valence-electron chi connectivity index (χ4n) is 6.28. The molecule has 2 N–H and O–H groups in total. The van der Waals surface area contributed by atoms with Crippen LogP contribution in [0, 0.1) is 11.6 Å². The zero-order valence-corrected chi connectivity index (χ0v) is 31.0. The summed E-state index contributed by atoms with van der Waals surface area (Å²) in [5, 5.41) is 1.22. The molecule has 4 aromatic heterocycles. The Hall–Kier alpha value is -5.60. The van der Waals surface area contributed by atoms with Crippen LogP contribution in [0.3, 0.4) is 0 Å². The van der Waals surface area contributed by atoms with Gasteiger partial charge < -0.3 is 38.7 Å². The summed E-state index contributed by atoms with van der Waals surface area (Å²) in [4.78, 5) is 43.2. The molecule has 0 saturated carbocycles. The third-order valence-corrected chi connectivity index (χ3v) is 9.93. The third-order valence-electron chi connectivity index (χ3n) is 9.16. The van der Waals surface area contributed by atoms with E-state index >= 15 is 0 Å². The molecule has 0 saturated heterocycles. The van der Waals surface area contributed by atoms with Crippen LogP contribution in [0.15, 0.2) is 61.2 Å². The van der Waals surface area contributed by atoms with Gasteiger partial charge in [0.15, 0.2) is 0 Å². The summed E-state index contributed by atoms with van der Waals surface area (Å²) in [7, 11) is 3.39. The molecule has 6 aromatic rings. The lowest BCUT2D eigenvalue weighted by Gasteiger charge is -2.21. The number of hydrogen-bond donors (Lipinski definition) is 2. The first kappa shape index (κ1) is 36.7. The van der Waals surface area contributed by atoms with Gasteiger partial charge in [-0.2, -0.15) is 0 Å². The van der Waals surface area contributed by atoms with Crippen LogP contribution in [0.25, 0.3) is 22.1 Å². The first-order chi connectivity index (χ1) is 25.9. The highest BCUT2D eigenvalue weighted by Gasteiger charge is 2.25. The molecule has 2 aromatic carbocycles. The zero-order chi connectivity index (χ0) is 38.3. The molecule has 280 valence electrons. The van der Waals surface area contributed by atoms with E-state index in [9.17, 15) is 18.4 Å². The number of nitrogens with one attached hydrogen (secondary N) is 2. The molecule has 12 nitrogen and oxygen atoms in total. The Labute approximate surface area is 317 Å². The van der Waals surface area contributed by atoms with Gasteiger partial charge in [-0.15, -0.1) is 0 Å². The van der Waals surface area contributed by atoms with Crippen molar-refractivity contribution in [2.75, 3.05) is 40.4 Å². The highest BCUT2D eigenvalue weighted by Crippen LogP contribution is 2.39. The van der Waals surface area contributed by atoms with Gasteiger partial charge in [0.1, 0.15) is 71.3 Å². The first-order valence-electron chi connectivity index (χ1n) is 16.9. The SMILES string of the molecule is CC1Oc2cnc3[nH]cc(c3c2)C(=O)N(C)CCOc2ccc(F)c(Cl)c21.C[C@H]1Oc2cnc3[nH]cc(c3c2)C(=O)N(C)CCOc2ccc(F)c(Cl)c21. The minimum absolute atomic E-state index is 0.0457. The standard InChI is InChI=1S/2C19H17ClFN3O3/c2*1-10-16-15(4-3-14(21)17(16)20)26-6-5-24(2)19(25)13-9-23-18-12(13)7-11(27-10)8-22-18/h2*3-4,7-10H,5-6H2,1-2H3,(H,22,23)/t10-;/m1./s1. The van der Waals surface area contributed by atoms with E-state index in [1.807, 2.05) is 0 Å². The van der Waals surface area contributed by atoms with Crippen LogP contribution < -0.4 is 18.9 Å². The number of carbonyl (C=O) groups is 2. The molecule has 2 aliphatic rings. The molecular weight excluding hydrogens is 745 g/mol. The Balaban J connectivity index is 0.000000167. The second-order valence-corrected chi connectivity index (χ2v) is 13.5. The maximum absolute atomic E-state index is 14.0. The lowest BCUT2D eigenvalue weighted by atomic mass is 10.1. The Kier molecular flexibility index (Phi) is 10.2. The van der Waals surface area contributed by atoms with Crippen molar-refractivity contribution in [3.05, 3.63) is 105 Å². The number of amides is 2. The molecule has 4 bridgehead atoms.